The summed E-state index contributed by atoms with van der Waals surface area (Å²) in [6, 6.07) is 15.9. The van der Waals surface area contributed by atoms with Crippen LogP contribution in [0.5, 0.6) is 0 Å². The molecule has 0 radical (unpaired) electrons. The van der Waals surface area contributed by atoms with Crippen LogP contribution in [0.4, 0.5) is 0 Å². The minimum atomic E-state index is -0.590. The van der Waals surface area contributed by atoms with Crippen LogP contribution in [0.2, 0.25) is 0 Å². The van der Waals surface area contributed by atoms with Gasteiger partial charge in [-0.3, -0.25) is 0 Å². The number of dihydropyridines is 1. The van der Waals surface area contributed by atoms with Crippen LogP contribution in [0.25, 0.3) is 6.08 Å². The first kappa shape index (κ1) is 25.7. The maximum atomic E-state index is 13.3. The van der Waals surface area contributed by atoms with Gasteiger partial charge in [-0.15, -0.1) is 0 Å². The lowest BCUT2D eigenvalue weighted by atomic mass is 9.80. The van der Waals surface area contributed by atoms with E-state index in [1.54, 1.807) is 18.6 Å². The normalized spacial score (nSPS) is 15.6. The number of benzene rings is 2. The molecule has 0 saturated carbocycles. The van der Waals surface area contributed by atoms with Gasteiger partial charge in [0, 0.05) is 30.3 Å². The summed E-state index contributed by atoms with van der Waals surface area (Å²) in [7, 11) is 1.34. The third-order valence-corrected chi connectivity index (χ3v) is 6.29. The van der Waals surface area contributed by atoms with E-state index in [1.165, 1.54) is 12.7 Å². The second kappa shape index (κ2) is 11.6. The standard InChI is InChI=1S/C30H31N3O4/c1-20-7-5-9-25(17-20)28-26(29(34)36-4)21(2)32-22(3)27(28)30(35)37-16-6-8-23-10-12-24(13-11-23)18-33-15-14-31-19-33/h5-15,17,19,28,32H,16,18H2,1-4H3/b8-6+. The van der Waals surface area contributed by atoms with E-state index >= 15 is 0 Å². The molecule has 1 N–H and O–H groups in total. The number of aromatic nitrogens is 2. The van der Waals surface area contributed by atoms with Crippen LogP contribution in [0.3, 0.4) is 0 Å². The predicted octanol–water partition coefficient (Wildman–Crippen LogP) is 4.90. The zero-order valence-electron chi connectivity index (χ0n) is 21.5. The summed E-state index contributed by atoms with van der Waals surface area (Å²) >= 11 is 0. The number of carbonyl (C=O) groups is 2. The van der Waals surface area contributed by atoms with Gasteiger partial charge >= 0.3 is 11.9 Å². The molecule has 1 aliphatic rings. The summed E-state index contributed by atoms with van der Waals surface area (Å²) < 4.78 is 12.7. The van der Waals surface area contributed by atoms with Gasteiger partial charge in [0.1, 0.15) is 6.61 Å². The third-order valence-electron chi connectivity index (χ3n) is 6.29. The Morgan fingerprint density at radius 2 is 1.76 bits per heavy atom. The van der Waals surface area contributed by atoms with E-state index in [1.807, 2.05) is 74.0 Å². The van der Waals surface area contributed by atoms with Gasteiger partial charge in [-0.1, -0.05) is 60.2 Å². The molecule has 0 bridgehead atoms. The zero-order valence-corrected chi connectivity index (χ0v) is 21.5. The second-order valence-electron chi connectivity index (χ2n) is 9.02. The topological polar surface area (TPSA) is 82.5 Å². The molecule has 1 aliphatic heterocycles. The highest BCUT2D eigenvalue weighted by atomic mass is 16.5. The lowest BCUT2D eigenvalue weighted by Crippen LogP contribution is -2.32. The van der Waals surface area contributed by atoms with Crippen LogP contribution in [-0.4, -0.2) is 35.2 Å². The SMILES string of the molecule is COC(=O)C1=C(C)NC(C)=C(C(=O)OC/C=C/c2ccc(Cn3ccnc3)cc2)C1c1cccc(C)c1. The van der Waals surface area contributed by atoms with Crippen LogP contribution in [0, 0.1) is 6.92 Å². The minimum Gasteiger partial charge on any atom is -0.466 e. The predicted molar refractivity (Wildman–Crippen MR) is 142 cm³/mol. The van der Waals surface area contributed by atoms with Crippen molar-refractivity contribution in [2.24, 2.45) is 0 Å². The van der Waals surface area contributed by atoms with E-state index in [4.69, 9.17) is 9.47 Å². The number of nitrogens with zero attached hydrogens (tertiary/aromatic N) is 2. The van der Waals surface area contributed by atoms with Gasteiger partial charge in [-0.25, -0.2) is 14.6 Å². The van der Waals surface area contributed by atoms with Crippen LogP contribution >= 0.6 is 0 Å². The number of nitrogens with one attached hydrogen (secondary N) is 1. The maximum Gasteiger partial charge on any atom is 0.337 e. The monoisotopic (exact) mass is 497 g/mol. The first-order valence-corrected chi connectivity index (χ1v) is 12.1. The van der Waals surface area contributed by atoms with Crippen LogP contribution < -0.4 is 5.32 Å². The molecule has 0 spiro atoms. The summed E-state index contributed by atoms with van der Waals surface area (Å²) in [5.41, 5.74) is 6.14. The van der Waals surface area contributed by atoms with Crippen molar-refractivity contribution < 1.29 is 19.1 Å². The van der Waals surface area contributed by atoms with Crippen molar-refractivity contribution in [1.82, 2.24) is 14.9 Å². The molecule has 1 aromatic heterocycles. The molecule has 0 fully saturated rings. The van der Waals surface area contributed by atoms with Gasteiger partial charge < -0.3 is 19.4 Å². The molecule has 1 unspecified atom stereocenters. The van der Waals surface area contributed by atoms with Gasteiger partial charge in [-0.05, 0) is 43.5 Å². The van der Waals surface area contributed by atoms with Gasteiger partial charge in [0.2, 0.25) is 0 Å². The number of esters is 2. The second-order valence-corrected chi connectivity index (χ2v) is 9.02. The van der Waals surface area contributed by atoms with Crippen molar-refractivity contribution in [3.8, 4) is 0 Å². The van der Waals surface area contributed by atoms with Crippen LogP contribution in [0.1, 0.15) is 42.0 Å². The summed E-state index contributed by atoms with van der Waals surface area (Å²) in [5.74, 6) is -1.55. The Bertz CT molecular complexity index is 1370. The van der Waals surface area contributed by atoms with E-state index in [9.17, 15) is 9.59 Å². The number of aryl methyl sites for hydroxylation is 1. The molecule has 2 aromatic carbocycles. The average molecular weight is 498 g/mol. The molecule has 3 aromatic rings. The number of carbonyl (C=O) groups excluding carboxylic acids is 2. The Balaban J connectivity index is 1.47. The molecule has 0 amide bonds. The molecule has 0 aliphatic carbocycles. The number of ether oxygens (including phenoxy) is 2. The van der Waals surface area contributed by atoms with E-state index in [0.29, 0.717) is 22.5 Å². The molecule has 4 rings (SSSR count). The number of hydrogen-bond donors (Lipinski definition) is 1. The van der Waals surface area contributed by atoms with E-state index < -0.39 is 17.9 Å². The Kier molecular flexibility index (Phi) is 8.03. The van der Waals surface area contributed by atoms with Gasteiger partial charge in [-0.2, -0.15) is 0 Å². The zero-order chi connectivity index (χ0) is 26.4. The number of methoxy groups -OCH3 is 1. The van der Waals surface area contributed by atoms with Crippen LogP contribution in [-0.2, 0) is 25.6 Å². The number of hydrogen-bond acceptors (Lipinski definition) is 6. The third kappa shape index (κ3) is 6.06. The molecule has 7 nitrogen and oxygen atoms in total. The first-order valence-electron chi connectivity index (χ1n) is 12.1. The first-order chi connectivity index (χ1) is 17.9. The Morgan fingerprint density at radius 3 is 2.41 bits per heavy atom. The summed E-state index contributed by atoms with van der Waals surface area (Å²) in [4.78, 5) is 30.1. The molecule has 37 heavy (non-hydrogen) atoms. The molecule has 7 heteroatoms. The fourth-order valence-electron chi connectivity index (χ4n) is 4.54. The maximum absolute atomic E-state index is 13.3. The summed E-state index contributed by atoms with van der Waals surface area (Å²) in [5, 5.41) is 3.16. The van der Waals surface area contributed by atoms with Gasteiger partial charge in [0.05, 0.1) is 30.5 Å². The highest BCUT2D eigenvalue weighted by Crippen LogP contribution is 2.39. The van der Waals surface area contributed by atoms with E-state index in [2.05, 4.69) is 22.4 Å². The van der Waals surface area contributed by atoms with Crippen LogP contribution in [0.15, 0.2) is 95.9 Å². The largest absolute Gasteiger partial charge is 0.466 e. The molecular formula is C30H31N3O4. The molecule has 0 saturated heterocycles. The quantitative estimate of drug-likeness (QED) is 0.446. The molecular weight excluding hydrogens is 466 g/mol. The van der Waals surface area contributed by atoms with E-state index in [0.717, 1.165) is 23.2 Å². The molecule has 1 atom stereocenters. The van der Waals surface area contributed by atoms with Crippen molar-refractivity contribution in [3.05, 3.63) is 118 Å². The van der Waals surface area contributed by atoms with Gasteiger partial charge in [0.15, 0.2) is 0 Å². The Hall–Kier alpha value is -4.39. The number of allylic oxidation sites excluding steroid dienone is 2. The van der Waals surface area contributed by atoms with Crippen molar-refractivity contribution in [1.29, 1.82) is 0 Å². The van der Waals surface area contributed by atoms with Gasteiger partial charge in [0.25, 0.3) is 0 Å². The lowest BCUT2D eigenvalue weighted by Gasteiger charge is -2.30. The lowest BCUT2D eigenvalue weighted by molar-refractivity contribution is -0.138. The average Bonchev–Trinajstić information content (AvgIpc) is 3.39. The van der Waals surface area contributed by atoms with E-state index in [-0.39, 0.29) is 6.61 Å². The number of imidazole rings is 1. The van der Waals surface area contributed by atoms with Crippen molar-refractivity contribution in [3.63, 3.8) is 0 Å². The van der Waals surface area contributed by atoms with Crippen molar-refractivity contribution >= 4 is 18.0 Å². The van der Waals surface area contributed by atoms with Crippen molar-refractivity contribution in [2.45, 2.75) is 33.2 Å². The molecule has 2 heterocycles. The summed E-state index contributed by atoms with van der Waals surface area (Å²) in [6.45, 7) is 6.46. The summed E-state index contributed by atoms with van der Waals surface area (Å²) in [6.07, 6.45) is 9.19. The highest BCUT2D eigenvalue weighted by Gasteiger charge is 2.37. The molecule has 190 valence electrons. The smallest absolute Gasteiger partial charge is 0.337 e. The fourth-order valence-corrected chi connectivity index (χ4v) is 4.54. The number of rotatable bonds is 8. The fraction of sp³-hybridized carbons (Fsp3) is 0.233. The Labute approximate surface area is 217 Å². The Morgan fingerprint density at radius 1 is 1.03 bits per heavy atom. The minimum absolute atomic E-state index is 0.100. The highest BCUT2D eigenvalue weighted by molar-refractivity contribution is 5.99. The van der Waals surface area contributed by atoms with Crippen molar-refractivity contribution in [2.75, 3.05) is 13.7 Å².